The lowest BCUT2D eigenvalue weighted by atomic mass is 9.92. The summed E-state index contributed by atoms with van der Waals surface area (Å²) in [5.41, 5.74) is -0.0873. The first-order chi connectivity index (χ1) is 10.6. The average molecular weight is 298 g/mol. The van der Waals surface area contributed by atoms with Gasteiger partial charge in [0.15, 0.2) is 5.60 Å². The van der Waals surface area contributed by atoms with Crippen LogP contribution in [0.25, 0.3) is 10.8 Å². The third-order valence-corrected chi connectivity index (χ3v) is 4.44. The fraction of sp³-hybridized carbons (Fsp3) is 0.389. The molecule has 1 aliphatic heterocycles. The highest BCUT2D eigenvalue weighted by atomic mass is 16.3. The Morgan fingerprint density at radius 2 is 2.00 bits per heavy atom. The summed E-state index contributed by atoms with van der Waals surface area (Å²) in [4.78, 5) is 13.8. The quantitative estimate of drug-likeness (QED) is 0.906. The normalized spacial score (nSPS) is 22.3. The van der Waals surface area contributed by atoms with E-state index in [2.05, 4.69) is 29.6 Å². The fourth-order valence-electron chi connectivity index (χ4n) is 3.19. The molecule has 0 saturated carbocycles. The molecule has 2 N–H and O–H groups in total. The molecule has 0 aliphatic carbocycles. The van der Waals surface area contributed by atoms with Crippen molar-refractivity contribution in [1.82, 2.24) is 10.2 Å². The number of aliphatic hydroxyl groups is 1. The number of benzene rings is 2. The molecule has 22 heavy (non-hydrogen) atoms. The van der Waals surface area contributed by atoms with Crippen LogP contribution in [0.4, 0.5) is 0 Å². The highest BCUT2D eigenvalue weighted by Crippen LogP contribution is 2.22. The van der Waals surface area contributed by atoms with Crippen molar-refractivity contribution in [3.63, 3.8) is 0 Å². The SMILES string of the molecule is CN1CCCC(O)(CNCc2cccc3ccccc23)C1=O. The van der Waals surface area contributed by atoms with E-state index >= 15 is 0 Å². The average Bonchev–Trinajstić information content (AvgIpc) is 2.53. The molecule has 0 spiro atoms. The minimum Gasteiger partial charge on any atom is -0.379 e. The second kappa shape index (κ2) is 6.07. The predicted molar refractivity (Wildman–Crippen MR) is 87.5 cm³/mol. The van der Waals surface area contributed by atoms with Crippen LogP contribution in [0.1, 0.15) is 18.4 Å². The van der Waals surface area contributed by atoms with E-state index in [-0.39, 0.29) is 5.91 Å². The molecule has 116 valence electrons. The van der Waals surface area contributed by atoms with Crippen molar-refractivity contribution in [3.8, 4) is 0 Å². The second-order valence-corrected chi connectivity index (χ2v) is 6.10. The summed E-state index contributed by atoms with van der Waals surface area (Å²) in [5, 5.41) is 16.2. The van der Waals surface area contributed by atoms with Crippen LogP contribution in [0.2, 0.25) is 0 Å². The summed E-state index contributed by atoms with van der Waals surface area (Å²) < 4.78 is 0. The summed E-state index contributed by atoms with van der Waals surface area (Å²) in [6, 6.07) is 14.4. The summed E-state index contributed by atoms with van der Waals surface area (Å²) in [6.45, 7) is 1.66. The number of carbonyl (C=O) groups excluding carboxylic acids is 1. The monoisotopic (exact) mass is 298 g/mol. The summed E-state index contributed by atoms with van der Waals surface area (Å²) >= 11 is 0. The van der Waals surface area contributed by atoms with Crippen molar-refractivity contribution in [2.24, 2.45) is 0 Å². The highest BCUT2D eigenvalue weighted by molar-refractivity contribution is 5.86. The zero-order valence-corrected chi connectivity index (χ0v) is 12.9. The molecule has 1 amide bonds. The molecule has 3 rings (SSSR count). The van der Waals surface area contributed by atoms with Crippen LogP contribution in [0.3, 0.4) is 0 Å². The van der Waals surface area contributed by atoms with Crippen molar-refractivity contribution in [2.45, 2.75) is 25.0 Å². The number of nitrogens with zero attached hydrogens (tertiary/aromatic N) is 1. The van der Waals surface area contributed by atoms with Gasteiger partial charge in [0.2, 0.25) is 0 Å². The first kappa shape index (κ1) is 15.0. The third-order valence-electron chi connectivity index (χ3n) is 4.44. The number of amides is 1. The Labute approximate surface area is 130 Å². The minimum absolute atomic E-state index is 0.177. The number of nitrogens with one attached hydrogen (secondary N) is 1. The first-order valence-corrected chi connectivity index (χ1v) is 7.75. The van der Waals surface area contributed by atoms with Crippen molar-refractivity contribution < 1.29 is 9.90 Å². The van der Waals surface area contributed by atoms with E-state index < -0.39 is 5.60 Å². The van der Waals surface area contributed by atoms with Gasteiger partial charge in [-0.1, -0.05) is 42.5 Å². The Morgan fingerprint density at radius 1 is 1.23 bits per heavy atom. The lowest BCUT2D eigenvalue weighted by molar-refractivity contribution is -0.154. The minimum atomic E-state index is -1.27. The molecule has 0 radical (unpaired) electrons. The van der Waals surface area contributed by atoms with Gasteiger partial charge in [0.1, 0.15) is 0 Å². The Morgan fingerprint density at radius 3 is 2.86 bits per heavy atom. The van der Waals surface area contributed by atoms with Gasteiger partial charge in [-0.05, 0) is 29.2 Å². The van der Waals surface area contributed by atoms with Crippen LogP contribution in [0.15, 0.2) is 42.5 Å². The zero-order chi connectivity index (χ0) is 15.6. The van der Waals surface area contributed by atoms with Gasteiger partial charge in [-0.2, -0.15) is 0 Å². The van der Waals surface area contributed by atoms with E-state index in [9.17, 15) is 9.90 Å². The highest BCUT2D eigenvalue weighted by Gasteiger charge is 2.40. The van der Waals surface area contributed by atoms with Crippen molar-refractivity contribution in [1.29, 1.82) is 0 Å². The molecule has 1 atom stereocenters. The standard InChI is InChI=1S/C18H22N2O2/c1-20-11-5-10-18(22,17(20)21)13-19-12-15-8-4-7-14-6-2-3-9-16(14)15/h2-4,6-9,19,22H,5,10-13H2,1H3. The molecule has 1 saturated heterocycles. The first-order valence-electron chi connectivity index (χ1n) is 7.75. The predicted octanol–water partition coefficient (Wildman–Crippen LogP) is 1.91. The topological polar surface area (TPSA) is 52.6 Å². The van der Waals surface area contributed by atoms with Gasteiger partial charge in [0.25, 0.3) is 5.91 Å². The maximum Gasteiger partial charge on any atom is 0.255 e. The molecule has 1 unspecified atom stereocenters. The molecule has 2 aromatic carbocycles. The van der Waals surface area contributed by atoms with Gasteiger partial charge in [-0.3, -0.25) is 4.79 Å². The lowest BCUT2D eigenvalue weighted by Crippen LogP contribution is -2.56. The van der Waals surface area contributed by atoms with E-state index in [1.807, 2.05) is 18.2 Å². The maximum absolute atomic E-state index is 12.1. The molecule has 1 aliphatic rings. The number of likely N-dealkylation sites (tertiary alicyclic amines) is 1. The van der Waals surface area contributed by atoms with Crippen LogP contribution in [-0.2, 0) is 11.3 Å². The van der Waals surface area contributed by atoms with E-state index in [1.165, 1.54) is 16.3 Å². The van der Waals surface area contributed by atoms with E-state index in [0.717, 1.165) is 13.0 Å². The van der Waals surface area contributed by atoms with Gasteiger partial charge in [-0.25, -0.2) is 0 Å². The number of rotatable bonds is 4. The maximum atomic E-state index is 12.1. The van der Waals surface area contributed by atoms with E-state index in [4.69, 9.17) is 0 Å². The van der Waals surface area contributed by atoms with Crippen LogP contribution in [-0.4, -0.2) is 41.7 Å². The molecular weight excluding hydrogens is 276 g/mol. The van der Waals surface area contributed by atoms with Crippen molar-refractivity contribution in [2.75, 3.05) is 20.1 Å². The third kappa shape index (κ3) is 2.85. The van der Waals surface area contributed by atoms with Gasteiger partial charge in [-0.15, -0.1) is 0 Å². The summed E-state index contributed by atoms with van der Waals surface area (Å²) in [6.07, 6.45) is 1.37. The molecule has 0 aromatic heterocycles. The van der Waals surface area contributed by atoms with Crippen molar-refractivity contribution in [3.05, 3.63) is 48.0 Å². The summed E-state index contributed by atoms with van der Waals surface area (Å²) in [5.74, 6) is -0.177. The Balaban J connectivity index is 1.68. The number of hydrogen-bond acceptors (Lipinski definition) is 3. The van der Waals surface area contributed by atoms with Crippen molar-refractivity contribution >= 4 is 16.7 Å². The largest absolute Gasteiger partial charge is 0.379 e. The molecule has 1 heterocycles. The van der Waals surface area contributed by atoms with Gasteiger partial charge in [0.05, 0.1) is 0 Å². The van der Waals surface area contributed by atoms with Crippen LogP contribution in [0, 0.1) is 0 Å². The van der Waals surface area contributed by atoms with Crippen LogP contribution in [0.5, 0.6) is 0 Å². The number of piperidine rings is 1. The number of likely N-dealkylation sites (N-methyl/N-ethyl adjacent to an activating group) is 1. The smallest absolute Gasteiger partial charge is 0.255 e. The molecule has 4 nitrogen and oxygen atoms in total. The molecule has 2 aromatic rings. The fourth-order valence-corrected chi connectivity index (χ4v) is 3.19. The molecule has 1 fully saturated rings. The van der Waals surface area contributed by atoms with Crippen LogP contribution >= 0.6 is 0 Å². The van der Waals surface area contributed by atoms with Gasteiger partial charge in [0, 0.05) is 26.7 Å². The van der Waals surface area contributed by atoms with E-state index in [0.29, 0.717) is 19.5 Å². The van der Waals surface area contributed by atoms with E-state index in [1.54, 1.807) is 11.9 Å². The van der Waals surface area contributed by atoms with Crippen LogP contribution < -0.4 is 5.32 Å². The molecule has 4 heteroatoms. The molecular formula is C18H22N2O2. The Kier molecular flexibility index (Phi) is 4.14. The second-order valence-electron chi connectivity index (χ2n) is 6.10. The zero-order valence-electron chi connectivity index (χ0n) is 12.9. The molecule has 0 bridgehead atoms. The Hall–Kier alpha value is -1.91. The van der Waals surface area contributed by atoms with Gasteiger partial charge >= 0.3 is 0 Å². The number of hydrogen-bond donors (Lipinski definition) is 2. The summed E-state index contributed by atoms with van der Waals surface area (Å²) in [7, 11) is 1.75. The lowest BCUT2D eigenvalue weighted by Gasteiger charge is -2.36. The van der Waals surface area contributed by atoms with Gasteiger partial charge < -0.3 is 15.3 Å². The number of fused-ring (bicyclic) bond motifs is 1. The number of carbonyl (C=O) groups is 1. The Bertz CT molecular complexity index is 680.